The fourth-order valence-electron chi connectivity index (χ4n) is 3.17. The Morgan fingerprint density at radius 3 is 2.78 bits per heavy atom. The van der Waals surface area contributed by atoms with Crippen LogP contribution in [0.5, 0.6) is 0 Å². The van der Waals surface area contributed by atoms with Crippen LogP contribution in [0, 0.1) is 16.0 Å². The van der Waals surface area contributed by atoms with Crippen LogP contribution in [0.25, 0.3) is 0 Å². The molecular formula is C20H23N3O3S. The molecule has 0 saturated carbocycles. The minimum absolute atomic E-state index is 0.0750. The zero-order valence-electron chi connectivity index (χ0n) is 15.0. The predicted molar refractivity (Wildman–Crippen MR) is 106 cm³/mol. The number of piperidine rings is 1. The van der Waals surface area contributed by atoms with Gasteiger partial charge in [-0.2, -0.15) is 0 Å². The lowest BCUT2D eigenvalue weighted by molar-refractivity contribution is -0.384. The Hall–Kier alpha value is -2.38. The van der Waals surface area contributed by atoms with E-state index in [1.54, 1.807) is 6.07 Å². The van der Waals surface area contributed by atoms with Gasteiger partial charge in [0, 0.05) is 28.5 Å². The average Bonchev–Trinajstić information content (AvgIpc) is 2.69. The molecule has 6 nitrogen and oxygen atoms in total. The number of nitro benzene ring substituents is 1. The predicted octanol–water partition coefficient (Wildman–Crippen LogP) is 3.87. The molecular weight excluding hydrogens is 362 g/mol. The van der Waals surface area contributed by atoms with Crippen molar-refractivity contribution in [2.45, 2.75) is 29.1 Å². The molecule has 2 N–H and O–H groups in total. The van der Waals surface area contributed by atoms with Crippen LogP contribution in [-0.4, -0.2) is 30.5 Å². The van der Waals surface area contributed by atoms with Crippen LogP contribution >= 0.6 is 11.8 Å². The third-order valence-corrected chi connectivity index (χ3v) is 5.71. The Balaban J connectivity index is 1.71. The molecule has 1 aliphatic heterocycles. The second-order valence-corrected chi connectivity index (χ2v) is 7.72. The van der Waals surface area contributed by atoms with Crippen molar-refractivity contribution in [1.29, 1.82) is 0 Å². The molecule has 142 valence electrons. The lowest BCUT2D eigenvalue weighted by atomic mass is 9.96. The van der Waals surface area contributed by atoms with Gasteiger partial charge in [-0.1, -0.05) is 30.0 Å². The first kappa shape index (κ1) is 19.4. The van der Waals surface area contributed by atoms with Gasteiger partial charge in [0.25, 0.3) is 11.6 Å². The van der Waals surface area contributed by atoms with E-state index >= 15 is 0 Å². The number of carbonyl (C=O) groups is 1. The van der Waals surface area contributed by atoms with Crippen molar-refractivity contribution in [2.24, 2.45) is 5.92 Å². The molecule has 2 aromatic carbocycles. The van der Waals surface area contributed by atoms with Gasteiger partial charge in [0.15, 0.2) is 0 Å². The number of nitrogens with zero attached hydrogens (tertiary/aromatic N) is 1. The molecule has 1 atom stereocenters. The topological polar surface area (TPSA) is 84.3 Å². The first-order valence-electron chi connectivity index (χ1n) is 9.14. The summed E-state index contributed by atoms with van der Waals surface area (Å²) in [5.41, 5.74) is 0.272. The number of benzene rings is 2. The molecule has 0 radical (unpaired) electrons. The largest absolute Gasteiger partial charge is 0.352 e. The first-order chi connectivity index (χ1) is 13.1. The molecule has 0 aliphatic carbocycles. The fourth-order valence-corrected chi connectivity index (χ4v) is 4.11. The highest BCUT2D eigenvalue weighted by Gasteiger charge is 2.18. The van der Waals surface area contributed by atoms with Gasteiger partial charge in [-0.3, -0.25) is 14.9 Å². The molecule has 2 aromatic rings. The van der Waals surface area contributed by atoms with Gasteiger partial charge in [-0.25, -0.2) is 0 Å². The third kappa shape index (κ3) is 5.55. The van der Waals surface area contributed by atoms with E-state index in [0.29, 0.717) is 22.9 Å². The standard InChI is InChI=1S/C20H23N3O3S/c24-20(22-12-10-15-5-4-11-21-14-15)18-13-16(23(25)26)8-9-19(18)27-17-6-2-1-3-7-17/h1-3,6-9,13,15,21H,4-5,10-12,14H2,(H,22,24). The maximum absolute atomic E-state index is 12.7. The van der Waals surface area contributed by atoms with E-state index in [9.17, 15) is 14.9 Å². The molecule has 0 spiro atoms. The van der Waals surface area contributed by atoms with Crippen molar-refractivity contribution in [1.82, 2.24) is 10.6 Å². The van der Waals surface area contributed by atoms with Crippen LogP contribution < -0.4 is 10.6 Å². The van der Waals surface area contributed by atoms with Gasteiger partial charge < -0.3 is 10.6 Å². The second kappa shape index (κ2) is 9.53. The molecule has 1 heterocycles. The Morgan fingerprint density at radius 2 is 2.07 bits per heavy atom. The van der Waals surface area contributed by atoms with E-state index < -0.39 is 4.92 Å². The van der Waals surface area contributed by atoms with Crippen LogP contribution in [0.15, 0.2) is 58.3 Å². The normalized spacial score (nSPS) is 16.7. The van der Waals surface area contributed by atoms with Gasteiger partial charge in [-0.05, 0) is 56.5 Å². The van der Waals surface area contributed by atoms with Crippen molar-refractivity contribution < 1.29 is 9.72 Å². The van der Waals surface area contributed by atoms with E-state index in [0.717, 1.165) is 24.4 Å². The summed E-state index contributed by atoms with van der Waals surface area (Å²) in [4.78, 5) is 25.1. The fraction of sp³-hybridized carbons (Fsp3) is 0.350. The van der Waals surface area contributed by atoms with E-state index in [-0.39, 0.29) is 11.6 Å². The number of carbonyl (C=O) groups excluding carboxylic acids is 1. The summed E-state index contributed by atoms with van der Waals surface area (Å²) in [5.74, 6) is 0.309. The van der Waals surface area contributed by atoms with E-state index in [1.807, 2.05) is 30.3 Å². The molecule has 1 fully saturated rings. The van der Waals surface area contributed by atoms with Gasteiger partial charge >= 0.3 is 0 Å². The summed E-state index contributed by atoms with van der Waals surface area (Å²) in [7, 11) is 0. The number of hydrogen-bond donors (Lipinski definition) is 2. The number of non-ortho nitro benzene ring substituents is 1. The van der Waals surface area contributed by atoms with Crippen LogP contribution in [0.3, 0.4) is 0 Å². The molecule has 7 heteroatoms. The van der Waals surface area contributed by atoms with Crippen LogP contribution in [0.1, 0.15) is 29.6 Å². The van der Waals surface area contributed by atoms with Crippen LogP contribution in [-0.2, 0) is 0 Å². The minimum Gasteiger partial charge on any atom is -0.352 e. The Kier molecular flexibility index (Phi) is 6.84. The van der Waals surface area contributed by atoms with E-state index in [1.165, 1.54) is 36.7 Å². The van der Waals surface area contributed by atoms with Crippen molar-refractivity contribution in [3.05, 3.63) is 64.2 Å². The lowest BCUT2D eigenvalue weighted by Gasteiger charge is -2.22. The van der Waals surface area contributed by atoms with Crippen molar-refractivity contribution in [2.75, 3.05) is 19.6 Å². The number of nitro groups is 1. The molecule has 0 bridgehead atoms. The zero-order valence-corrected chi connectivity index (χ0v) is 15.8. The summed E-state index contributed by atoms with van der Waals surface area (Å²) in [6.07, 6.45) is 3.25. The van der Waals surface area contributed by atoms with Crippen molar-refractivity contribution in [3.63, 3.8) is 0 Å². The highest BCUT2D eigenvalue weighted by atomic mass is 32.2. The quantitative estimate of drug-likeness (QED) is 0.558. The molecule has 1 amide bonds. The summed E-state index contributed by atoms with van der Waals surface area (Å²) in [6, 6.07) is 14.1. The van der Waals surface area contributed by atoms with Gasteiger partial charge in [0.05, 0.1) is 10.5 Å². The smallest absolute Gasteiger partial charge is 0.270 e. The van der Waals surface area contributed by atoms with Crippen LogP contribution in [0.4, 0.5) is 5.69 Å². The average molecular weight is 385 g/mol. The van der Waals surface area contributed by atoms with Crippen molar-refractivity contribution >= 4 is 23.4 Å². The highest BCUT2D eigenvalue weighted by Crippen LogP contribution is 2.32. The van der Waals surface area contributed by atoms with Gasteiger partial charge in [-0.15, -0.1) is 0 Å². The summed E-state index contributed by atoms with van der Waals surface area (Å²) in [5, 5.41) is 17.4. The second-order valence-electron chi connectivity index (χ2n) is 6.61. The lowest BCUT2D eigenvalue weighted by Crippen LogP contribution is -2.33. The maximum atomic E-state index is 12.7. The molecule has 3 rings (SSSR count). The molecule has 27 heavy (non-hydrogen) atoms. The Bertz CT molecular complexity index is 792. The molecule has 1 saturated heterocycles. The third-order valence-electron chi connectivity index (χ3n) is 4.63. The Morgan fingerprint density at radius 1 is 1.26 bits per heavy atom. The number of nitrogens with one attached hydrogen (secondary N) is 2. The van der Waals surface area contributed by atoms with Crippen molar-refractivity contribution in [3.8, 4) is 0 Å². The van der Waals surface area contributed by atoms with E-state index in [4.69, 9.17) is 0 Å². The summed E-state index contributed by atoms with van der Waals surface area (Å²) >= 11 is 1.43. The van der Waals surface area contributed by atoms with Gasteiger partial charge in [0.1, 0.15) is 0 Å². The molecule has 0 aromatic heterocycles. The number of amides is 1. The molecule has 1 unspecified atom stereocenters. The van der Waals surface area contributed by atoms with Crippen LogP contribution in [0.2, 0.25) is 0 Å². The zero-order chi connectivity index (χ0) is 19.1. The highest BCUT2D eigenvalue weighted by molar-refractivity contribution is 7.99. The first-order valence-corrected chi connectivity index (χ1v) is 9.95. The SMILES string of the molecule is O=C(NCCC1CCCNC1)c1cc([N+](=O)[O-])ccc1Sc1ccccc1. The Labute approximate surface area is 162 Å². The summed E-state index contributed by atoms with van der Waals surface area (Å²) in [6.45, 7) is 2.63. The number of rotatable bonds is 7. The maximum Gasteiger partial charge on any atom is 0.270 e. The van der Waals surface area contributed by atoms with Gasteiger partial charge in [0.2, 0.25) is 0 Å². The van der Waals surface area contributed by atoms with E-state index in [2.05, 4.69) is 10.6 Å². The minimum atomic E-state index is -0.471. The summed E-state index contributed by atoms with van der Waals surface area (Å²) < 4.78 is 0. The monoisotopic (exact) mass is 385 g/mol. The number of hydrogen-bond acceptors (Lipinski definition) is 5. The molecule has 1 aliphatic rings.